The van der Waals surface area contributed by atoms with Crippen molar-refractivity contribution in [2.24, 2.45) is 0 Å². The van der Waals surface area contributed by atoms with Gasteiger partial charge in [-0.2, -0.15) is 4.98 Å². The van der Waals surface area contributed by atoms with Crippen molar-refractivity contribution < 1.29 is 14.1 Å². The molecule has 0 saturated carbocycles. The van der Waals surface area contributed by atoms with Gasteiger partial charge in [0.15, 0.2) is 0 Å². The fraction of sp³-hybridized carbons (Fsp3) is 0.471. The second kappa shape index (κ2) is 7.26. The zero-order chi connectivity index (χ0) is 16.9. The van der Waals surface area contributed by atoms with Crippen molar-refractivity contribution in [1.82, 2.24) is 15.5 Å². The number of amides is 1. The second-order valence-electron chi connectivity index (χ2n) is 6.36. The molecule has 6 heteroatoms. The van der Waals surface area contributed by atoms with E-state index < -0.39 is 0 Å². The SMILES string of the molecule is COc1ccccc1-c1noc(CCCC(=O)NC(C)(C)C)n1. The summed E-state index contributed by atoms with van der Waals surface area (Å²) in [4.78, 5) is 16.1. The third-order valence-corrected chi connectivity index (χ3v) is 3.12. The zero-order valence-corrected chi connectivity index (χ0v) is 14.0. The molecule has 0 atom stereocenters. The van der Waals surface area contributed by atoms with E-state index in [-0.39, 0.29) is 11.4 Å². The minimum atomic E-state index is -0.210. The smallest absolute Gasteiger partial charge is 0.226 e. The highest BCUT2D eigenvalue weighted by Gasteiger charge is 2.15. The molecule has 6 nitrogen and oxygen atoms in total. The van der Waals surface area contributed by atoms with E-state index in [0.717, 1.165) is 5.56 Å². The number of nitrogens with zero attached hydrogens (tertiary/aromatic N) is 2. The van der Waals surface area contributed by atoms with E-state index in [1.54, 1.807) is 7.11 Å². The lowest BCUT2D eigenvalue weighted by Gasteiger charge is -2.20. The van der Waals surface area contributed by atoms with E-state index in [2.05, 4.69) is 15.5 Å². The first-order valence-corrected chi connectivity index (χ1v) is 7.66. The summed E-state index contributed by atoms with van der Waals surface area (Å²) < 4.78 is 10.5. The van der Waals surface area contributed by atoms with Gasteiger partial charge in [-0.25, -0.2) is 0 Å². The van der Waals surface area contributed by atoms with Crippen LogP contribution in [0.5, 0.6) is 5.75 Å². The number of hydrogen-bond acceptors (Lipinski definition) is 5. The fourth-order valence-electron chi connectivity index (χ4n) is 2.18. The highest BCUT2D eigenvalue weighted by molar-refractivity contribution is 5.76. The van der Waals surface area contributed by atoms with E-state index in [1.807, 2.05) is 45.0 Å². The van der Waals surface area contributed by atoms with E-state index in [4.69, 9.17) is 9.26 Å². The first kappa shape index (κ1) is 17.0. The Morgan fingerprint density at radius 2 is 2.04 bits per heavy atom. The number of rotatable bonds is 6. The van der Waals surface area contributed by atoms with Crippen molar-refractivity contribution in [3.05, 3.63) is 30.2 Å². The Hall–Kier alpha value is -2.37. The van der Waals surface area contributed by atoms with Gasteiger partial charge in [0.2, 0.25) is 17.6 Å². The standard InChI is InChI=1S/C17H23N3O3/c1-17(2,3)19-14(21)10-7-11-15-18-16(20-23-15)12-8-5-6-9-13(12)22-4/h5-6,8-9H,7,10-11H2,1-4H3,(H,19,21). The zero-order valence-electron chi connectivity index (χ0n) is 14.0. The lowest BCUT2D eigenvalue weighted by molar-refractivity contribution is -0.122. The number of methoxy groups -OCH3 is 1. The first-order valence-electron chi connectivity index (χ1n) is 7.66. The summed E-state index contributed by atoms with van der Waals surface area (Å²) in [6, 6.07) is 7.51. The van der Waals surface area contributed by atoms with Crippen LogP contribution in [0.25, 0.3) is 11.4 Å². The summed E-state index contributed by atoms with van der Waals surface area (Å²) in [5.41, 5.74) is 0.578. The summed E-state index contributed by atoms with van der Waals surface area (Å²) in [6.07, 6.45) is 1.67. The van der Waals surface area contributed by atoms with Crippen LogP contribution in [0, 0.1) is 0 Å². The Morgan fingerprint density at radius 3 is 2.74 bits per heavy atom. The summed E-state index contributed by atoms with van der Waals surface area (Å²) in [6.45, 7) is 5.88. The molecular formula is C17H23N3O3. The van der Waals surface area contributed by atoms with Crippen molar-refractivity contribution in [1.29, 1.82) is 0 Å². The summed E-state index contributed by atoms with van der Waals surface area (Å²) in [7, 11) is 1.60. The van der Waals surface area contributed by atoms with Crippen molar-refractivity contribution >= 4 is 5.91 Å². The molecule has 0 fully saturated rings. The highest BCUT2D eigenvalue weighted by atomic mass is 16.5. The number of ether oxygens (including phenoxy) is 1. The van der Waals surface area contributed by atoms with Gasteiger partial charge in [-0.15, -0.1) is 0 Å². The van der Waals surface area contributed by atoms with Crippen LogP contribution < -0.4 is 10.1 Å². The molecule has 1 N–H and O–H groups in total. The topological polar surface area (TPSA) is 77.2 Å². The first-order chi connectivity index (χ1) is 10.9. The van der Waals surface area contributed by atoms with Crippen molar-refractivity contribution in [2.75, 3.05) is 7.11 Å². The molecule has 1 heterocycles. The Labute approximate surface area is 136 Å². The average Bonchev–Trinajstić information content (AvgIpc) is 2.94. The molecule has 0 saturated heterocycles. The number of aromatic nitrogens is 2. The number of hydrogen-bond donors (Lipinski definition) is 1. The number of benzene rings is 1. The van der Waals surface area contributed by atoms with E-state index >= 15 is 0 Å². The van der Waals surface area contributed by atoms with Gasteiger partial charge >= 0.3 is 0 Å². The molecule has 0 aliphatic carbocycles. The van der Waals surface area contributed by atoms with Crippen LogP contribution in [0.4, 0.5) is 0 Å². The molecule has 124 valence electrons. The van der Waals surface area contributed by atoms with Crippen LogP contribution in [0.1, 0.15) is 39.5 Å². The molecule has 0 aliphatic heterocycles. The van der Waals surface area contributed by atoms with Crippen LogP contribution in [-0.4, -0.2) is 28.7 Å². The number of aryl methyl sites for hydroxylation is 1. The molecule has 0 unspecified atom stereocenters. The van der Waals surface area contributed by atoms with Gasteiger partial charge in [0, 0.05) is 18.4 Å². The van der Waals surface area contributed by atoms with Gasteiger partial charge < -0.3 is 14.6 Å². The third kappa shape index (κ3) is 5.09. The van der Waals surface area contributed by atoms with E-state index in [1.165, 1.54) is 0 Å². The lowest BCUT2D eigenvalue weighted by atomic mass is 10.1. The number of nitrogens with one attached hydrogen (secondary N) is 1. The molecule has 0 aliphatic rings. The molecule has 23 heavy (non-hydrogen) atoms. The molecule has 2 aromatic rings. The molecule has 1 aromatic carbocycles. The van der Waals surface area contributed by atoms with E-state index in [0.29, 0.717) is 36.7 Å². The van der Waals surface area contributed by atoms with Gasteiger partial charge in [-0.1, -0.05) is 17.3 Å². The molecule has 2 rings (SSSR count). The van der Waals surface area contributed by atoms with Gasteiger partial charge in [-0.3, -0.25) is 4.79 Å². The van der Waals surface area contributed by atoms with Gasteiger partial charge in [0.05, 0.1) is 12.7 Å². The highest BCUT2D eigenvalue weighted by Crippen LogP contribution is 2.27. The van der Waals surface area contributed by atoms with Crippen molar-refractivity contribution in [3.8, 4) is 17.1 Å². The largest absolute Gasteiger partial charge is 0.496 e. The average molecular weight is 317 g/mol. The van der Waals surface area contributed by atoms with Crippen LogP contribution in [0.15, 0.2) is 28.8 Å². The lowest BCUT2D eigenvalue weighted by Crippen LogP contribution is -2.40. The normalized spacial score (nSPS) is 11.3. The Kier molecular flexibility index (Phi) is 5.36. The summed E-state index contributed by atoms with van der Waals surface area (Å²) in [5, 5.41) is 6.91. The molecule has 0 spiro atoms. The molecule has 0 radical (unpaired) electrons. The molecule has 1 aromatic heterocycles. The van der Waals surface area contributed by atoms with E-state index in [9.17, 15) is 4.79 Å². The minimum Gasteiger partial charge on any atom is -0.496 e. The Bertz CT molecular complexity index is 659. The minimum absolute atomic E-state index is 0.0296. The van der Waals surface area contributed by atoms with Crippen LogP contribution in [-0.2, 0) is 11.2 Å². The van der Waals surface area contributed by atoms with Crippen LogP contribution in [0.3, 0.4) is 0 Å². The number of carbonyl (C=O) groups excluding carboxylic acids is 1. The maximum Gasteiger partial charge on any atom is 0.226 e. The summed E-state index contributed by atoms with van der Waals surface area (Å²) >= 11 is 0. The quantitative estimate of drug-likeness (QED) is 0.886. The predicted molar refractivity (Wildman–Crippen MR) is 87.1 cm³/mol. The van der Waals surface area contributed by atoms with Crippen LogP contribution >= 0.6 is 0 Å². The third-order valence-electron chi connectivity index (χ3n) is 3.12. The van der Waals surface area contributed by atoms with Gasteiger partial charge in [0.25, 0.3) is 0 Å². The predicted octanol–water partition coefficient (Wildman–Crippen LogP) is 2.98. The monoisotopic (exact) mass is 317 g/mol. The number of para-hydroxylation sites is 1. The molecule has 0 bridgehead atoms. The van der Waals surface area contributed by atoms with Crippen molar-refractivity contribution in [3.63, 3.8) is 0 Å². The Morgan fingerprint density at radius 1 is 1.30 bits per heavy atom. The number of carbonyl (C=O) groups is 1. The molecular weight excluding hydrogens is 294 g/mol. The van der Waals surface area contributed by atoms with Gasteiger partial charge in [0.1, 0.15) is 5.75 Å². The fourth-order valence-corrected chi connectivity index (χ4v) is 2.18. The van der Waals surface area contributed by atoms with Crippen LogP contribution in [0.2, 0.25) is 0 Å². The Balaban J connectivity index is 1.92. The second-order valence-corrected chi connectivity index (χ2v) is 6.36. The van der Waals surface area contributed by atoms with Crippen molar-refractivity contribution in [2.45, 2.75) is 45.6 Å². The summed E-state index contributed by atoms with van der Waals surface area (Å²) in [5.74, 6) is 1.75. The maximum absolute atomic E-state index is 11.8. The van der Waals surface area contributed by atoms with Gasteiger partial charge in [-0.05, 0) is 39.3 Å². The maximum atomic E-state index is 11.8. The molecule has 1 amide bonds.